The molecule has 1 aliphatic rings. The lowest BCUT2D eigenvalue weighted by atomic mass is 9.96. The van der Waals surface area contributed by atoms with E-state index in [0.717, 1.165) is 17.7 Å². The van der Waals surface area contributed by atoms with Crippen LogP contribution in [-0.4, -0.2) is 13.2 Å². The zero-order valence-corrected chi connectivity index (χ0v) is 8.63. The van der Waals surface area contributed by atoms with Gasteiger partial charge in [0.25, 0.3) is 0 Å². The molecule has 1 aromatic rings. The number of rotatable bonds is 3. The van der Waals surface area contributed by atoms with Gasteiger partial charge in [-0.1, -0.05) is 5.11 Å². The molecule has 5 nitrogen and oxygen atoms in total. The number of benzene rings is 1. The minimum atomic E-state index is 0.230. The first-order valence-corrected chi connectivity index (χ1v) is 5.03. The van der Waals surface area contributed by atoms with Crippen molar-refractivity contribution >= 4 is 0 Å². The van der Waals surface area contributed by atoms with E-state index >= 15 is 0 Å². The van der Waals surface area contributed by atoms with Crippen molar-refractivity contribution in [1.29, 1.82) is 5.26 Å². The Labute approximate surface area is 92.9 Å². The summed E-state index contributed by atoms with van der Waals surface area (Å²) in [6.07, 6.45) is 0.756. The van der Waals surface area contributed by atoms with Gasteiger partial charge >= 0.3 is 0 Å². The molecule has 16 heavy (non-hydrogen) atoms. The molecule has 0 spiro atoms. The van der Waals surface area contributed by atoms with E-state index in [1.807, 2.05) is 12.1 Å². The van der Waals surface area contributed by atoms with Gasteiger partial charge in [-0.25, -0.2) is 0 Å². The molecule has 0 amide bonds. The summed E-state index contributed by atoms with van der Waals surface area (Å²) in [5.41, 5.74) is 9.89. The molecule has 2 rings (SSSR count). The van der Waals surface area contributed by atoms with Crippen LogP contribution in [0.2, 0.25) is 0 Å². The average molecular weight is 214 g/mol. The van der Waals surface area contributed by atoms with E-state index in [1.54, 1.807) is 6.07 Å². The second-order valence-electron chi connectivity index (χ2n) is 3.62. The first-order chi connectivity index (χ1) is 7.85. The highest BCUT2D eigenvalue weighted by Gasteiger charge is 2.23. The molecule has 0 saturated heterocycles. The molecule has 1 aromatic carbocycles. The molecular weight excluding hydrogens is 204 g/mol. The highest BCUT2D eigenvalue weighted by molar-refractivity contribution is 5.46. The molecule has 1 atom stereocenters. The lowest BCUT2D eigenvalue weighted by Gasteiger charge is -2.05. The molecule has 80 valence electrons. The van der Waals surface area contributed by atoms with Crippen LogP contribution in [0.5, 0.6) is 5.75 Å². The Morgan fingerprint density at radius 3 is 3.25 bits per heavy atom. The summed E-state index contributed by atoms with van der Waals surface area (Å²) in [7, 11) is 0. The van der Waals surface area contributed by atoms with Gasteiger partial charge in [-0.2, -0.15) is 5.26 Å². The fourth-order valence-corrected chi connectivity index (χ4v) is 1.85. The SMILES string of the molecule is N#Cc1ccc2c(c1)C(CCN=[N+]=[N-])CO2. The van der Waals surface area contributed by atoms with Crippen LogP contribution in [0.3, 0.4) is 0 Å². The van der Waals surface area contributed by atoms with E-state index in [1.165, 1.54) is 0 Å². The number of nitrogens with zero attached hydrogens (tertiary/aromatic N) is 4. The minimum Gasteiger partial charge on any atom is -0.493 e. The predicted molar refractivity (Wildman–Crippen MR) is 58.0 cm³/mol. The van der Waals surface area contributed by atoms with E-state index in [-0.39, 0.29) is 5.92 Å². The predicted octanol–water partition coefficient (Wildman–Crippen LogP) is 2.73. The summed E-state index contributed by atoms with van der Waals surface area (Å²) < 4.78 is 5.50. The molecular formula is C11H10N4O. The summed E-state index contributed by atoms with van der Waals surface area (Å²) in [5.74, 6) is 1.07. The van der Waals surface area contributed by atoms with E-state index in [4.69, 9.17) is 15.5 Å². The molecule has 0 fully saturated rings. The third kappa shape index (κ3) is 1.92. The monoisotopic (exact) mass is 214 g/mol. The zero-order valence-electron chi connectivity index (χ0n) is 8.63. The van der Waals surface area contributed by atoms with E-state index in [2.05, 4.69) is 16.1 Å². The highest BCUT2D eigenvalue weighted by atomic mass is 16.5. The van der Waals surface area contributed by atoms with Gasteiger partial charge in [0.05, 0.1) is 18.2 Å². The minimum absolute atomic E-state index is 0.230. The first-order valence-electron chi connectivity index (χ1n) is 5.03. The maximum atomic E-state index is 8.81. The van der Waals surface area contributed by atoms with Gasteiger partial charge in [0.15, 0.2) is 0 Å². The van der Waals surface area contributed by atoms with Crippen molar-refractivity contribution in [3.8, 4) is 11.8 Å². The quantitative estimate of drug-likeness (QED) is 0.440. The van der Waals surface area contributed by atoms with Crippen molar-refractivity contribution in [1.82, 2.24) is 0 Å². The van der Waals surface area contributed by atoms with E-state index in [0.29, 0.717) is 18.7 Å². The standard InChI is InChI=1S/C11H10N4O/c12-6-8-1-2-11-10(5-8)9(7-16-11)3-4-14-15-13/h1-2,5,9H,3-4,7H2. The number of hydrogen-bond acceptors (Lipinski definition) is 3. The largest absolute Gasteiger partial charge is 0.493 e. The Hall–Kier alpha value is -2.18. The Morgan fingerprint density at radius 1 is 1.62 bits per heavy atom. The number of ether oxygens (including phenoxy) is 1. The Kier molecular flexibility index (Phi) is 2.95. The summed E-state index contributed by atoms with van der Waals surface area (Å²) >= 11 is 0. The third-order valence-corrected chi connectivity index (χ3v) is 2.66. The van der Waals surface area contributed by atoms with Crippen LogP contribution in [0.15, 0.2) is 23.3 Å². The topological polar surface area (TPSA) is 81.8 Å². The Bertz CT molecular complexity index is 485. The van der Waals surface area contributed by atoms with Crippen molar-refractivity contribution in [3.05, 3.63) is 39.8 Å². The van der Waals surface area contributed by atoms with E-state index < -0.39 is 0 Å². The number of fused-ring (bicyclic) bond motifs is 1. The summed E-state index contributed by atoms with van der Waals surface area (Å²) in [6.45, 7) is 1.06. The number of nitriles is 1. The zero-order chi connectivity index (χ0) is 11.4. The van der Waals surface area contributed by atoms with Crippen molar-refractivity contribution in [2.24, 2.45) is 5.11 Å². The molecule has 0 N–H and O–H groups in total. The Balaban J connectivity index is 2.18. The van der Waals surface area contributed by atoms with Crippen LogP contribution in [0.25, 0.3) is 10.4 Å². The van der Waals surface area contributed by atoms with Gasteiger partial charge in [-0.15, -0.1) is 0 Å². The van der Waals surface area contributed by atoms with Crippen molar-refractivity contribution in [3.63, 3.8) is 0 Å². The molecule has 1 unspecified atom stereocenters. The summed E-state index contributed by atoms with van der Waals surface area (Å²) in [4.78, 5) is 2.72. The molecule has 1 aliphatic heterocycles. The van der Waals surface area contributed by atoms with Crippen molar-refractivity contribution in [2.75, 3.05) is 13.2 Å². The highest BCUT2D eigenvalue weighted by Crippen LogP contribution is 2.36. The maximum Gasteiger partial charge on any atom is 0.123 e. The number of hydrogen-bond donors (Lipinski definition) is 0. The lowest BCUT2D eigenvalue weighted by Crippen LogP contribution is -2.02. The summed E-state index contributed by atoms with van der Waals surface area (Å²) in [6, 6.07) is 7.52. The third-order valence-electron chi connectivity index (χ3n) is 2.66. The Morgan fingerprint density at radius 2 is 2.50 bits per heavy atom. The molecule has 5 heteroatoms. The average Bonchev–Trinajstić information content (AvgIpc) is 2.72. The van der Waals surface area contributed by atoms with Crippen LogP contribution >= 0.6 is 0 Å². The molecule has 0 aliphatic carbocycles. The van der Waals surface area contributed by atoms with Crippen LogP contribution < -0.4 is 4.74 Å². The first kappa shape index (κ1) is 10.3. The normalized spacial score (nSPS) is 16.8. The van der Waals surface area contributed by atoms with Gasteiger partial charge < -0.3 is 4.74 Å². The molecule has 0 saturated carbocycles. The maximum absolute atomic E-state index is 8.81. The molecule has 0 bridgehead atoms. The van der Waals surface area contributed by atoms with Crippen molar-refractivity contribution in [2.45, 2.75) is 12.3 Å². The molecule has 0 aromatic heterocycles. The molecule has 1 heterocycles. The van der Waals surface area contributed by atoms with Crippen LogP contribution in [0, 0.1) is 11.3 Å². The van der Waals surface area contributed by atoms with Crippen molar-refractivity contribution < 1.29 is 4.74 Å². The smallest absolute Gasteiger partial charge is 0.123 e. The second-order valence-corrected chi connectivity index (χ2v) is 3.62. The number of azide groups is 1. The van der Waals surface area contributed by atoms with Gasteiger partial charge in [-0.3, -0.25) is 0 Å². The van der Waals surface area contributed by atoms with Gasteiger partial charge in [0.2, 0.25) is 0 Å². The summed E-state index contributed by atoms with van der Waals surface area (Å²) in [5, 5.41) is 12.3. The lowest BCUT2D eigenvalue weighted by molar-refractivity contribution is 0.326. The fraction of sp³-hybridized carbons (Fsp3) is 0.364. The van der Waals surface area contributed by atoms with Gasteiger partial charge in [0.1, 0.15) is 5.75 Å². The fourth-order valence-electron chi connectivity index (χ4n) is 1.85. The van der Waals surface area contributed by atoms with Gasteiger partial charge in [0, 0.05) is 22.9 Å². The van der Waals surface area contributed by atoms with E-state index in [9.17, 15) is 0 Å². The van der Waals surface area contributed by atoms with Crippen LogP contribution in [-0.2, 0) is 0 Å². The second kappa shape index (κ2) is 4.56. The molecule has 0 radical (unpaired) electrons. The van der Waals surface area contributed by atoms with Crippen LogP contribution in [0.1, 0.15) is 23.5 Å². The van der Waals surface area contributed by atoms with Gasteiger partial charge in [-0.05, 0) is 30.2 Å². The van der Waals surface area contributed by atoms with Crippen LogP contribution in [0.4, 0.5) is 0 Å².